The second-order valence-electron chi connectivity index (χ2n) is 4.53. The van der Waals surface area contributed by atoms with Gasteiger partial charge in [-0.05, 0) is 19.3 Å². The van der Waals surface area contributed by atoms with Gasteiger partial charge in [0.05, 0.1) is 0 Å². The average molecular weight is 211 g/mol. The van der Waals surface area contributed by atoms with Crippen LogP contribution >= 0.6 is 0 Å². The van der Waals surface area contributed by atoms with E-state index in [1.54, 1.807) is 6.20 Å². The number of nitrogens with two attached hydrogens (primary N) is 1. The lowest BCUT2D eigenvalue weighted by molar-refractivity contribution is 0.0415. The van der Waals surface area contributed by atoms with Crippen LogP contribution < -0.4 is 5.73 Å². The van der Waals surface area contributed by atoms with Crippen molar-refractivity contribution in [2.24, 2.45) is 5.73 Å². The zero-order valence-corrected chi connectivity index (χ0v) is 9.12. The molecule has 0 radical (unpaired) electrons. The minimum absolute atomic E-state index is 0.0459. The van der Waals surface area contributed by atoms with Gasteiger partial charge in [0.2, 0.25) is 0 Å². The molecule has 1 aliphatic rings. The molecule has 0 unspecified atom stereocenters. The van der Waals surface area contributed by atoms with E-state index in [9.17, 15) is 4.39 Å². The van der Waals surface area contributed by atoms with Gasteiger partial charge in [-0.15, -0.1) is 0 Å². The van der Waals surface area contributed by atoms with Crippen LogP contribution in [-0.2, 0) is 13.0 Å². The van der Waals surface area contributed by atoms with Crippen LogP contribution in [0.2, 0.25) is 0 Å². The van der Waals surface area contributed by atoms with Gasteiger partial charge in [-0.1, -0.05) is 6.92 Å². The normalized spacial score (nSPS) is 30.2. The molecule has 1 saturated carbocycles. The SMILES string of the molecule is CCCn1ccnc1CC1(F)CC(N)C1. The standard InChI is InChI=1S/C11H18FN3/c1-2-4-15-5-3-14-10(15)8-11(12)6-9(13)7-11/h3,5,9H,2,4,6-8,13H2,1H3. The van der Waals surface area contributed by atoms with Crippen molar-refractivity contribution in [3.63, 3.8) is 0 Å². The molecule has 1 fully saturated rings. The molecule has 1 aromatic heterocycles. The number of imidazole rings is 1. The van der Waals surface area contributed by atoms with Crippen molar-refractivity contribution in [3.05, 3.63) is 18.2 Å². The van der Waals surface area contributed by atoms with E-state index in [-0.39, 0.29) is 6.04 Å². The van der Waals surface area contributed by atoms with E-state index < -0.39 is 5.67 Å². The van der Waals surface area contributed by atoms with Crippen LogP contribution in [0.4, 0.5) is 4.39 Å². The lowest BCUT2D eigenvalue weighted by Crippen LogP contribution is -2.50. The summed E-state index contributed by atoms with van der Waals surface area (Å²) in [6.07, 6.45) is 6.07. The molecule has 2 rings (SSSR count). The number of aromatic nitrogens is 2. The fraction of sp³-hybridized carbons (Fsp3) is 0.727. The summed E-state index contributed by atoms with van der Waals surface area (Å²) in [5.41, 5.74) is 4.51. The molecule has 0 aromatic carbocycles. The molecule has 3 nitrogen and oxygen atoms in total. The summed E-state index contributed by atoms with van der Waals surface area (Å²) in [6.45, 7) is 3.02. The highest BCUT2D eigenvalue weighted by Crippen LogP contribution is 2.37. The number of halogens is 1. The Morgan fingerprint density at radius 2 is 2.40 bits per heavy atom. The zero-order chi connectivity index (χ0) is 10.9. The first-order chi connectivity index (χ1) is 7.13. The van der Waals surface area contributed by atoms with Crippen molar-refractivity contribution in [1.82, 2.24) is 9.55 Å². The van der Waals surface area contributed by atoms with Crippen LogP contribution in [0.1, 0.15) is 32.0 Å². The van der Waals surface area contributed by atoms with Gasteiger partial charge in [0.25, 0.3) is 0 Å². The van der Waals surface area contributed by atoms with Crippen molar-refractivity contribution >= 4 is 0 Å². The fourth-order valence-corrected chi connectivity index (χ4v) is 2.26. The number of nitrogens with zero attached hydrogens (tertiary/aromatic N) is 2. The van der Waals surface area contributed by atoms with E-state index in [4.69, 9.17) is 5.73 Å². The number of aryl methyl sites for hydroxylation is 1. The largest absolute Gasteiger partial charge is 0.335 e. The second kappa shape index (κ2) is 3.93. The topological polar surface area (TPSA) is 43.8 Å². The van der Waals surface area contributed by atoms with Gasteiger partial charge in [0, 0.05) is 31.4 Å². The van der Waals surface area contributed by atoms with Crippen molar-refractivity contribution in [3.8, 4) is 0 Å². The molecule has 0 aliphatic heterocycles. The molecule has 0 atom stereocenters. The summed E-state index contributed by atoms with van der Waals surface area (Å²) in [5.74, 6) is 0.853. The van der Waals surface area contributed by atoms with Crippen LogP contribution in [0, 0.1) is 0 Å². The van der Waals surface area contributed by atoms with Crippen LogP contribution in [0.25, 0.3) is 0 Å². The van der Waals surface area contributed by atoms with Crippen LogP contribution in [0.5, 0.6) is 0 Å². The lowest BCUT2D eigenvalue weighted by Gasteiger charge is -2.39. The quantitative estimate of drug-likeness (QED) is 0.823. The number of rotatable bonds is 4. The highest BCUT2D eigenvalue weighted by atomic mass is 19.1. The lowest BCUT2D eigenvalue weighted by atomic mass is 9.75. The average Bonchev–Trinajstić information content (AvgIpc) is 2.51. The molecular weight excluding hydrogens is 193 g/mol. The Kier molecular flexibility index (Phi) is 2.78. The summed E-state index contributed by atoms with van der Waals surface area (Å²) in [5, 5.41) is 0. The van der Waals surface area contributed by atoms with Gasteiger partial charge < -0.3 is 10.3 Å². The number of alkyl halides is 1. The van der Waals surface area contributed by atoms with Crippen LogP contribution in [0.3, 0.4) is 0 Å². The molecule has 1 heterocycles. The Balaban J connectivity index is 2.01. The Bertz CT molecular complexity index is 328. The smallest absolute Gasteiger partial charge is 0.121 e. The minimum Gasteiger partial charge on any atom is -0.335 e. The maximum absolute atomic E-state index is 14.0. The second-order valence-corrected chi connectivity index (χ2v) is 4.53. The molecule has 1 aromatic rings. The predicted molar refractivity (Wildman–Crippen MR) is 57.3 cm³/mol. The Hall–Kier alpha value is -0.900. The van der Waals surface area contributed by atoms with Crippen molar-refractivity contribution in [2.45, 2.75) is 50.9 Å². The van der Waals surface area contributed by atoms with Gasteiger partial charge in [-0.25, -0.2) is 9.37 Å². The van der Waals surface area contributed by atoms with Crippen molar-refractivity contribution in [2.75, 3.05) is 0 Å². The summed E-state index contributed by atoms with van der Waals surface area (Å²) < 4.78 is 16.0. The number of hydrogen-bond donors (Lipinski definition) is 1. The molecule has 0 amide bonds. The molecule has 4 heteroatoms. The summed E-state index contributed by atoms with van der Waals surface area (Å²) >= 11 is 0. The minimum atomic E-state index is -1.10. The number of hydrogen-bond acceptors (Lipinski definition) is 2. The highest BCUT2D eigenvalue weighted by molar-refractivity contribution is 5.06. The van der Waals surface area contributed by atoms with E-state index in [2.05, 4.69) is 11.9 Å². The maximum atomic E-state index is 14.0. The van der Waals surface area contributed by atoms with E-state index in [0.717, 1.165) is 18.8 Å². The third-order valence-corrected chi connectivity index (χ3v) is 3.00. The van der Waals surface area contributed by atoms with Gasteiger partial charge in [0.15, 0.2) is 0 Å². The summed E-state index contributed by atoms with van der Waals surface area (Å²) in [6, 6.07) is 0.0459. The molecule has 1 aliphatic carbocycles. The molecular formula is C11H18FN3. The first-order valence-electron chi connectivity index (χ1n) is 5.57. The van der Waals surface area contributed by atoms with E-state index >= 15 is 0 Å². The highest BCUT2D eigenvalue weighted by Gasteiger charge is 2.43. The van der Waals surface area contributed by atoms with E-state index in [1.165, 1.54) is 0 Å². The molecule has 84 valence electrons. The predicted octanol–water partition coefficient (Wildman–Crippen LogP) is 1.67. The first kappa shape index (κ1) is 10.6. The van der Waals surface area contributed by atoms with E-state index in [1.807, 2.05) is 10.8 Å². The summed E-state index contributed by atoms with van der Waals surface area (Å²) in [4.78, 5) is 4.21. The first-order valence-corrected chi connectivity index (χ1v) is 5.57. The molecule has 0 saturated heterocycles. The van der Waals surface area contributed by atoms with Gasteiger partial charge in [-0.2, -0.15) is 0 Å². The molecule has 0 spiro atoms. The molecule has 15 heavy (non-hydrogen) atoms. The Morgan fingerprint density at radius 3 is 3.00 bits per heavy atom. The summed E-state index contributed by atoms with van der Waals surface area (Å²) in [7, 11) is 0. The Labute approximate surface area is 89.5 Å². The zero-order valence-electron chi connectivity index (χ0n) is 9.12. The van der Waals surface area contributed by atoms with E-state index in [0.29, 0.717) is 19.3 Å². The third kappa shape index (κ3) is 2.20. The third-order valence-electron chi connectivity index (χ3n) is 3.00. The van der Waals surface area contributed by atoms with Gasteiger partial charge >= 0.3 is 0 Å². The van der Waals surface area contributed by atoms with Crippen LogP contribution in [0.15, 0.2) is 12.4 Å². The van der Waals surface area contributed by atoms with Crippen molar-refractivity contribution in [1.29, 1.82) is 0 Å². The maximum Gasteiger partial charge on any atom is 0.121 e. The van der Waals surface area contributed by atoms with Crippen molar-refractivity contribution < 1.29 is 4.39 Å². The molecule has 2 N–H and O–H groups in total. The van der Waals surface area contributed by atoms with Gasteiger partial charge in [-0.3, -0.25) is 0 Å². The van der Waals surface area contributed by atoms with Gasteiger partial charge in [0.1, 0.15) is 11.5 Å². The fourth-order valence-electron chi connectivity index (χ4n) is 2.26. The Morgan fingerprint density at radius 1 is 1.67 bits per heavy atom. The van der Waals surface area contributed by atoms with Crippen LogP contribution in [-0.4, -0.2) is 21.3 Å². The monoisotopic (exact) mass is 211 g/mol. The molecule has 0 bridgehead atoms.